The summed E-state index contributed by atoms with van der Waals surface area (Å²) in [6, 6.07) is 6.81. The minimum atomic E-state index is -0.664. The second-order valence-corrected chi connectivity index (χ2v) is 4.27. The van der Waals surface area contributed by atoms with Crippen molar-refractivity contribution in [1.29, 1.82) is 0 Å². The van der Waals surface area contributed by atoms with Gasteiger partial charge < -0.3 is 4.74 Å². The number of nitrogens with zero attached hydrogens (tertiary/aromatic N) is 1. The Labute approximate surface area is 110 Å². The van der Waals surface area contributed by atoms with Crippen molar-refractivity contribution >= 4 is 40.0 Å². The van der Waals surface area contributed by atoms with Crippen LogP contribution in [0.1, 0.15) is 13.8 Å². The lowest BCUT2D eigenvalue weighted by atomic mass is 10.3. The standard InChI is InChI=1S/C11H12Cl2N2O2/c1-7(2)17-11(16)10(13)15-14-9-5-3-8(12)4-6-9/h3-7,14H,1-2H3. The van der Waals surface area contributed by atoms with Gasteiger partial charge in [0.1, 0.15) is 0 Å². The molecule has 0 heterocycles. The van der Waals surface area contributed by atoms with Gasteiger partial charge in [0.25, 0.3) is 0 Å². The number of esters is 1. The third-order valence-corrected chi connectivity index (χ3v) is 2.13. The SMILES string of the molecule is CC(C)OC(=O)C(Cl)=NNc1ccc(Cl)cc1. The summed E-state index contributed by atoms with van der Waals surface area (Å²) in [6.45, 7) is 3.46. The van der Waals surface area contributed by atoms with Crippen molar-refractivity contribution in [2.24, 2.45) is 5.10 Å². The van der Waals surface area contributed by atoms with Crippen LogP contribution in [0.15, 0.2) is 29.4 Å². The van der Waals surface area contributed by atoms with Gasteiger partial charge in [-0.2, -0.15) is 5.10 Å². The summed E-state index contributed by atoms with van der Waals surface area (Å²) in [5.41, 5.74) is 3.29. The Bertz CT molecular complexity index is 416. The zero-order chi connectivity index (χ0) is 12.8. The fraction of sp³-hybridized carbons (Fsp3) is 0.273. The molecule has 0 unspecified atom stereocenters. The van der Waals surface area contributed by atoms with E-state index in [1.54, 1.807) is 38.1 Å². The number of carbonyl (C=O) groups excluding carboxylic acids is 1. The first-order valence-electron chi connectivity index (χ1n) is 4.95. The first kappa shape index (κ1) is 13.8. The summed E-state index contributed by atoms with van der Waals surface area (Å²) in [7, 11) is 0. The van der Waals surface area contributed by atoms with E-state index in [4.69, 9.17) is 27.9 Å². The zero-order valence-electron chi connectivity index (χ0n) is 9.41. The number of nitrogens with one attached hydrogen (secondary N) is 1. The van der Waals surface area contributed by atoms with E-state index >= 15 is 0 Å². The number of ether oxygens (including phenoxy) is 1. The number of hydrazone groups is 1. The highest BCUT2D eigenvalue weighted by molar-refractivity contribution is 6.82. The molecule has 0 aliphatic rings. The fourth-order valence-corrected chi connectivity index (χ4v) is 1.16. The number of hydrogen-bond donors (Lipinski definition) is 1. The highest BCUT2D eigenvalue weighted by Crippen LogP contribution is 2.13. The van der Waals surface area contributed by atoms with Crippen LogP contribution in [-0.4, -0.2) is 17.2 Å². The van der Waals surface area contributed by atoms with E-state index in [0.29, 0.717) is 10.7 Å². The highest BCUT2D eigenvalue weighted by atomic mass is 35.5. The predicted molar refractivity (Wildman–Crippen MR) is 69.6 cm³/mol. The van der Waals surface area contributed by atoms with Crippen LogP contribution in [0, 0.1) is 0 Å². The molecule has 0 atom stereocenters. The van der Waals surface area contributed by atoms with E-state index in [1.165, 1.54) is 0 Å². The van der Waals surface area contributed by atoms with Gasteiger partial charge in [0.15, 0.2) is 0 Å². The van der Waals surface area contributed by atoms with Gasteiger partial charge in [-0.3, -0.25) is 5.43 Å². The first-order valence-corrected chi connectivity index (χ1v) is 5.70. The van der Waals surface area contributed by atoms with Crippen LogP contribution < -0.4 is 5.43 Å². The molecule has 0 amide bonds. The fourth-order valence-electron chi connectivity index (χ4n) is 0.946. The van der Waals surface area contributed by atoms with E-state index in [9.17, 15) is 4.79 Å². The molecule has 4 nitrogen and oxygen atoms in total. The van der Waals surface area contributed by atoms with Gasteiger partial charge in [-0.1, -0.05) is 23.2 Å². The highest BCUT2D eigenvalue weighted by Gasteiger charge is 2.11. The Balaban J connectivity index is 2.58. The molecule has 17 heavy (non-hydrogen) atoms. The lowest BCUT2D eigenvalue weighted by Crippen LogP contribution is -2.18. The Morgan fingerprint density at radius 3 is 2.47 bits per heavy atom. The van der Waals surface area contributed by atoms with Gasteiger partial charge in [-0.05, 0) is 38.1 Å². The molecule has 0 fully saturated rings. The van der Waals surface area contributed by atoms with Crippen LogP contribution >= 0.6 is 23.2 Å². The van der Waals surface area contributed by atoms with Crippen LogP contribution in [0.4, 0.5) is 5.69 Å². The molecule has 0 aliphatic heterocycles. The molecular weight excluding hydrogens is 263 g/mol. The van der Waals surface area contributed by atoms with Crippen molar-refractivity contribution in [3.05, 3.63) is 29.3 Å². The zero-order valence-corrected chi connectivity index (χ0v) is 10.9. The maximum Gasteiger partial charge on any atom is 0.370 e. The monoisotopic (exact) mass is 274 g/mol. The van der Waals surface area contributed by atoms with Gasteiger partial charge in [-0.25, -0.2) is 4.79 Å². The Kier molecular flexibility index (Phi) is 5.25. The summed E-state index contributed by atoms with van der Waals surface area (Å²) in [6.07, 6.45) is -0.234. The molecule has 0 bridgehead atoms. The number of carbonyl (C=O) groups is 1. The second-order valence-electron chi connectivity index (χ2n) is 3.48. The second kappa shape index (κ2) is 6.47. The minimum Gasteiger partial charge on any atom is -0.458 e. The van der Waals surface area contributed by atoms with E-state index in [2.05, 4.69) is 10.5 Å². The molecule has 0 spiro atoms. The van der Waals surface area contributed by atoms with Crippen molar-refractivity contribution in [3.63, 3.8) is 0 Å². The van der Waals surface area contributed by atoms with Gasteiger partial charge in [0.05, 0.1) is 11.8 Å². The van der Waals surface area contributed by atoms with Crippen molar-refractivity contribution in [3.8, 4) is 0 Å². The van der Waals surface area contributed by atoms with E-state index in [1.807, 2.05) is 0 Å². The number of anilines is 1. The van der Waals surface area contributed by atoms with Crippen LogP contribution in [-0.2, 0) is 9.53 Å². The summed E-state index contributed by atoms with van der Waals surface area (Å²) in [5.74, 6) is -0.664. The van der Waals surface area contributed by atoms with Crippen LogP contribution in [0.3, 0.4) is 0 Å². The van der Waals surface area contributed by atoms with E-state index in [-0.39, 0.29) is 11.3 Å². The molecule has 6 heteroatoms. The summed E-state index contributed by atoms with van der Waals surface area (Å²) >= 11 is 11.4. The lowest BCUT2D eigenvalue weighted by Gasteiger charge is -2.06. The summed E-state index contributed by atoms with van der Waals surface area (Å²) in [4.78, 5) is 11.3. The van der Waals surface area contributed by atoms with Crippen molar-refractivity contribution in [2.75, 3.05) is 5.43 Å². The third-order valence-electron chi connectivity index (χ3n) is 1.64. The van der Waals surface area contributed by atoms with Crippen LogP contribution in [0.2, 0.25) is 5.02 Å². The number of benzene rings is 1. The number of hydrogen-bond acceptors (Lipinski definition) is 4. The molecule has 1 aromatic rings. The Morgan fingerprint density at radius 2 is 1.94 bits per heavy atom. The molecule has 0 saturated carbocycles. The Hall–Kier alpha value is -1.26. The van der Waals surface area contributed by atoms with Gasteiger partial charge in [-0.15, -0.1) is 0 Å². The first-order chi connectivity index (χ1) is 7.99. The predicted octanol–water partition coefficient (Wildman–Crippen LogP) is 3.26. The van der Waals surface area contributed by atoms with E-state index < -0.39 is 5.97 Å². The Morgan fingerprint density at radius 1 is 1.35 bits per heavy atom. The maximum atomic E-state index is 11.3. The van der Waals surface area contributed by atoms with Crippen LogP contribution in [0.25, 0.3) is 0 Å². The molecule has 0 aromatic heterocycles. The molecule has 0 radical (unpaired) electrons. The molecule has 1 rings (SSSR count). The molecule has 0 saturated heterocycles. The molecule has 92 valence electrons. The van der Waals surface area contributed by atoms with Crippen molar-refractivity contribution in [2.45, 2.75) is 20.0 Å². The van der Waals surface area contributed by atoms with Gasteiger partial charge >= 0.3 is 5.97 Å². The maximum absolute atomic E-state index is 11.3. The molecule has 1 N–H and O–H groups in total. The lowest BCUT2D eigenvalue weighted by molar-refractivity contribution is -0.138. The average molecular weight is 275 g/mol. The molecule has 1 aromatic carbocycles. The molecular formula is C11H12Cl2N2O2. The van der Waals surface area contributed by atoms with Gasteiger partial charge in [0.2, 0.25) is 5.17 Å². The van der Waals surface area contributed by atoms with Gasteiger partial charge in [0, 0.05) is 5.02 Å². The average Bonchev–Trinajstić information content (AvgIpc) is 2.27. The normalized spacial score (nSPS) is 11.5. The number of halogens is 2. The molecule has 0 aliphatic carbocycles. The van der Waals surface area contributed by atoms with Crippen LogP contribution in [0.5, 0.6) is 0 Å². The summed E-state index contributed by atoms with van der Waals surface area (Å²) < 4.78 is 4.86. The quantitative estimate of drug-likeness (QED) is 0.521. The minimum absolute atomic E-state index is 0.234. The summed E-state index contributed by atoms with van der Waals surface area (Å²) in [5, 5.41) is 4.05. The van der Waals surface area contributed by atoms with E-state index in [0.717, 1.165) is 0 Å². The smallest absolute Gasteiger partial charge is 0.370 e. The topological polar surface area (TPSA) is 50.7 Å². The third kappa shape index (κ3) is 5.06. The largest absolute Gasteiger partial charge is 0.458 e. The van der Waals surface area contributed by atoms with Crippen molar-refractivity contribution < 1.29 is 9.53 Å². The number of rotatable bonds is 4. The van der Waals surface area contributed by atoms with Crippen molar-refractivity contribution in [1.82, 2.24) is 0 Å².